The van der Waals surface area contributed by atoms with Gasteiger partial charge >= 0.3 is 0 Å². The molecule has 1 saturated heterocycles. The zero-order valence-electron chi connectivity index (χ0n) is 14.5. The van der Waals surface area contributed by atoms with E-state index in [1.165, 1.54) is 19.3 Å². The third-order valence-electron chi connectivity index (χ3n) is 6.66. The van der Waals surface area contributed by atoms with Gasteiger partial charge in [-0.1, -0.05) is 0 Å². The number of hydrogen-bond donors (Lipinski definition) is 2. The average Bonchev–Trinajstić information content (AvgIpc) is 2.58. The zero-order chi connectivity index (χ0) is 17.6. The molecule has 0 spiro atoms. The topological polar surface area (TPSA) is 102 Å². The van der Waals surface area contributed by atoms with Crippen molar-refractivity contribution in [1.82, 2.24) is 10.2 Å². The average molecular weight is 349 g/mol. The Bertz CT molecular complexity index is 556. The third kappa shape index (κ3) is 3.14. The van der Waals surface area contributed by atoms with Crippen molar-refractivity contribution in [3.8, 4) is 0 Å². The predicted molar refractivity (Wildman–Crippen MR) is 89.1 cm³/mol. The lowest BCUT2D eigenvalue weighted by atomic mass is 9.49. The van der Waals surface area contributed by atoms with E-state index < -0.39 is 12.0 Å². The normalized spacial score (nSPS) is 39.3. The molecule has 0 aromatic carbocycles. The molecule has 1 heterocycles. The third-order valence-corrected chi connectivity index (χ3v) is 6.66. The molecule has 5 fully saturated rings. The van der Waals surface area contributed by atoms with Crippen molar-refractivity contribution < 1.29 is 19.1 Å². The molecule has 3 N–H and O–H groups in total. The van der Waals surface area contributed by atoms with Crippen LogP contribution in [0.2, 0.25) is 0 Å². The summed E-state index contributed by atoms with van der Waals surface area (Å²) in [6.07, 6.45) is 6.06. The molecule has 4 saturated carbocycles. The van der Waals surface area contributed by atoms with Gasteiger partial charge < -0.3 is 20.7 Å². The van der Waals surface area contributed by atoms with Gasteiger partial charge in [0, 0.05) is 12.0 Å². The monoisotopic (exact) mass is 349 g/mol. The van der Waals surface area contributed by atoms with Crippen molar-refractivity contribution in [2.75, 3.05) is 26.2 Å². The van der Waals surface area contributed by atoms with E-state index in [2.05, 4.69) is 5.32 Å². The van der Waals surface area contributed by atoms with Crippen LogP contribution in [0.15, 0.2) is 0 Å². The minimum absolute atomic E-state index is 0.00787. The second kappa shape index (κ2) is 6.27. The van der Waals surface area contributed by atoms with Gasteiger partial charge in [0.1, 0.15) is 0 Å². The standard InChI is InChI=1S/C18H27N3O4/c19-16(23)14-10-21(1-2-25-14)15(22)9-20-17(24)18-6-11-3-12(7-18)5-13(4-11)8-18/h11-14H,1-10H2,(H2,19,23)(H,20,24)/t11?,12?,13?,14-,18?/m0/s1. The van der Waals surface area contributed by atoms with E-state index in [9.17, 15) is 14.4 Å². The smallest absolute Gasteiger partial charge is 0.248 e. The predicted octanol–water partition coefficient (Wildman–Crippen LogP) is 0.0317. The van der Waals surface area contributed by atoms with Crippen LogP contribution in [0.5, 0.6) is 0 Å². The Hall–Kier alpha value is -1.63. The Balaban J connectivity index is 1.33. The summed E-state index contributed by atoms with van der Waals surface area (Å²) in [6, 6.07) is 0. The second-order valence-electron chi connectivity index (χ2n) is 8.48. The summed E-state index contributed by atoms with van der Waals surface area (Å²) in [7, 11) is 0. The van der Waals surface area contributed by atoms with Gasteiger partial charge in [-0.15, -0.1) is 0 Å². The maximum atomic E-state index is 12.9. The van der Waals surface area contributed by atoms with Gasteiger partial charge in [0.15, 0.2) is 6.10 Å². The van der Waals surface area contributed by atoms with Gasteiger partial charge in [-0.2, -0.15) is 0 Å². The number of nitrogens with zero attached hydrogens (tertiary/aromatic N) is 1. The number of amides is 3. The number of hydrogen-bond acceptors (Lipinski definition) is 4. The SMILES string of the molecule is NC(=O)[C@@H]1CN(C(=O)CNC(=O)C23CC4CC(CC(C4)C2)C3)CCO1. The van der Waals surface area contributed by atoms with Crippen LogP contribution in [0.4, 0.5) is 0 Å². The highest BCUT2D eigenvalue weighted by Gasteiger charge is 2.54. The van der Waals surface area contributed by atoms with Crippen LogP contribution < -0.4 is 11.1 Å². The molecule has 3 amide bonds. The van der Waals surface area contributed by atoms with Crippen LogP contribution in [0.3, 0.4) is 0 Å². The van der Waals surface area contributed by atoms with Crippen molar-refractivity contribution in [2.24, 2.45) is 28.9 Å². The molecule has 5 aliphatic rings. The minimum Gasteiger partial charge on any atom is -0.367 e. The number of nitrogens with two attached hydrogens (primary N) is 1. The van der Waals surface area contributed by atoms with Gasteiger partial charge in [0.2, 0.25) is 17.7 Å². The first-order valence-electron chi connectivity index (χ1n) is 9.42. The Morgan fingerprint density at radius 3 is 2.24 bits per heavy atom. The lowest BCUT2D eigenvalue weighted by molar-refractivity contribution is -0.150. The molecule has 0 radical (unpaired) electrons. The number of primary amides is 1. The summed E-state index contributed by atoms with van der Waals surface area (Å²) in [5, 5.41) is 2.89. The van der Waals surface area contributed by atoms with Crippen LogP contribution in [0.1, 0.15) is 38.5 Å². The largest absolute Gasteiger partial charge is 0.367 e. The van der Waals surface area contributed by atoms with E-state index in [0.717, 1.165) is 19.3 Å². The summed E-state index contributed by atoms with van der Waals surface area (Å²) in [6.45, 7) is 0.881. The Morgan fingerprint density at radius 2 is 1.68 bits per heavy atom. The minimum atomic E-state index is -0.753. The molecular formula is C18H27N3O4. The molecule has 7 heteroatoms. The molecule has 0 unspecified atom stereocenters. The highest BCUT2D eigenvalue weighted by molar-refractivity contribution is 5.88. The molecule has 1 aliphatic heterocycles. The molecule has 1 atom stereocenters. The van der Waals surface area contributed by atoms with E-state index in [4.69, 9.17) is 10.5 Å². The lowest BCUT2D eigenvalue weighted by Crippen LogP contribution is -2.56. The summed E-state index contributed by atoms with van der Waals surface area (Å²) in [5.74, 6) is 1.41. The maximum absolute atomic E-state index is 12.9. The Morgan fingerprint density at radius 1 is 1.08 bits per heavy atom. The van der Waals surface area contributed by atoms with Gasteiger partial charge in [-0.05, 0) is 56.3 Å². The molecule has 4 aliphatic carbocycles. The van der Waals surface area contributed by atoms with Crippen LogP contribution >= 0.6 is 0 Å². The van der Waals surface area contributed by atoms with Crippen LogP contribution in [0, 0.1) is 23.2 Å². The zero-order valence-corrected chi connectivity index (χ0v) is 14.5. The number of ether oxygens (including phenoxy) is 1. The number of nitrogens with one attached hydrogen (secondary N) is 1. The lowest BCUT2D eigenvalue weighted by Gasteiger charge is -2.55. The van der Waals surface area contributed by atoms with Gasteiger partial charge in [0.05, 0.1) is 19.7 Å². The molecule has 0 aromatic rings. The quantitative estimate of drug-likeness (QED) is 0.748. The molecular weight excluding hydrogens is 322 g/mol. The first-order chi connectivity index (χ1) is 11.9. The summed E-state index contributed by atoms with van der Waals surface area (Å²) in [5.41, 5.74) is 5.01. The Labute approximate surface area is 147 Å². The van der Waals surface area contributed by atoms with Crippen molar-refractivity contribution >= 4 is 17.7 Å². The molecule has 7 nitrogen and oxygen atoms in total. The van der Waals surface area contributed by atoms with Crippen molar-refractivity contribution in [3.05, 3.63) is 0 Å². The first kappa shape index (κ1) is 16.8. The van der Waals surface area contributed by atoms with Crippen molar-refractivity contribution in [1.29, 1.82) is 0 Å². The number of morpholine rings is 1. The number of carbonyl (C=O) groups is 3. The Kier molecular flexibility index (Phi) is 4.22. The van der Waals surface area contributed by atoms with E-state index in [0.29, 0.717) is 30.9 Å². The van der Waals surface area contributed by atoms with Crippen molar-refractivity contribution in [3.63, 3.8) is 0 Å². The molecule has 4 bridgehead atoms. The molecule has 25 heavy (non-hydrogen) atoms. The van der Waals surface area contributed by atoms with E-state index in [-0.39, 0.29) is 30.3 Å². The van der Waals surface area contributed by atoms with E-state index in [1.54, 1.807) is 4.90 Å². The van der Waals surface area contributed by atoms with Gasteiger partial charge in [-0.25, -0.2) is 0 Å². The summed E-state index contributed by atoms with van der Waals surface area (Å²) >= 11 is 0. The van der Waals surface area contributed by atoms with Crippen LogP contribution in [-0.2, 0) is 19.1 Å². The van der Waals surface area contributed by atoms with Crippen molar-refractivity contribution in [2.45, 2.75) is 44.6 Å². The molecule has 5 rings (SSSR count). The first-order valence-corrected chi connectivity index (χ1v) is 9.42. The fourth-order valence-electron chi connectivity index (χ4n) is 5.89. The highest BCUT2D eigenvalue weighted by atomic mass is 16.5. The molecule has 138 valence electrons. The van der Waals surface area contributed by atoms with Gasteiger partial charge in [-0.3, -0.25) is 14.4 Å². The van der Waals surface area contributed by atoms with Crippen LogP contribution in [-0.4, -0.2) is 55.0 Å². The fourth-order valence-corrected chi connectivity index (χ4v) is 5.89. The summed E-state index contributed by atoms with van der Waals surface area (Å²) in [4.78, 5) is 38.1. The van der Waals surface area contributed by atoms with Crippen LogP contribution in [0.25, 0.3) is 0 Å². The number of carbonyl (C=O) groups excluding carboxylic acids is 3. The summed E-state index contributed by atoms with van der Waals surface area (Å²) < 4.78 is 5.25. The van der Waals surface area contributed by atoms with Gasteiger partial charge in [0.25, 0.3) is 0 Å². The van der Waals surface area contributed by atoms with E-state index in [1.807, 2.05) is 0 Å². The fraction of sp³-hybridized carbons (Fsp3) is 0.833. The van der Waals surface area contributed by atoms with E-state index >= 15 is 0 Å². The molecule has 0 aromatic heterocycles. The maximum Gasteiger partial charge on any atom is 0.248 e. The number of rotatable bonds is 4. The second-order valence-corrected chi connectivity index (χ2v) is 8.48. The highest BCUT2D eigenvalue weighted by Crippen LogP contribution is 2.60.